The molecular formula is C26H26N6OS. The van der Waals surface area contributed by atoms with Crippen LogP contribution in [0.4, 0.5) is 39.2 Å². The lowest BCUT2D eigenvalue weighted by molar-refractivity contribution is 0.262. The second-order valence-corrected chi connectivity index (χ2v) is 8.57. The van der Waals surface area contributed by atoms with Crippen LogP contribution in [0.1, 0.15) is 11.4 Å². The van der Waals surface area contributed by atoms with Gasteiger partial charge in [-0.1, -0.05) is 23.8 Å². The standard InChI is InChI=1S/C26H26N6OS/c1-17-7-9-19(10-8-17)29-24-16-25(28-18(2)27-24)30-20-11-13-21(14-12-20)31-26(33)32-22-5-4-6-23(15-22)34-3/h4-16H,1-3H3,(H2,31,32,33)(H2,27,28,29,30). The fraction of sp³-hybridized carbons (Fsp3) is 0.115. The van der Waals surface area contributed by atoms with Gasteiger partial charge in [0.25, 0.3) is 0 Å². The number of nitrogens with zero attached hydrogens (tertiary/aromatic N) is 2. The first-order valence-corrected chi connectivity index (χ1v) is 12.0. The molecule has 34 heavy (non-hydrogen) atoms. The summed E-state index contributed by atoms with van der Waals surface area (Å²) in [7, 11) is 0. The summed E-state index contributed by atoms with van der Waals surface area (Å²) in [6.45, 7) is 3.91. The highest BCUT2D eigenvalue weighted by atomic mass is 32.2. The van der Waals surface area contributed by atoms with E-state index < -0.39 is 0 Å². The molecule has 0 saturated carbocycles. The van der Waals surface area contributed by atoms with E-state index in [1.54, 1.807) is 11.8 Å². The van der Waals surface area contributed by atoms with Crippen LogP contribution in [0.25, 0.3) is 0 Å². The van der Waals surface area contributed by atoms with E-state index in [1.165, 1.54) is 5.56 Å². The highest BCUT2D eigenvalue weighted by molar-refractivity contribution is 7.98. The van der Waals surface area contributed by atoms with Crippen LogP contribution < -0.4 is 21.3 Å². The largest absolute Gasteiger partial charge is 0.340 e. The van der Waals surface area contributed by atoms with E-state index in [-0.39, 0.29) is 6.03 Å². The third kappa shape index (κ3) is 6.49. The quantitative estimate of drug-likeness (QED) is 0.219. The van der Waals surface area contributed by atoms with Gasteiger partial charge in [0.1, 0.15) is 17.5 Å². The molecule has 172 valence electrons. The summed E-state index contributed by atoms with van der Waals surface area (Å²) < 4.78 is 0. The predicted molar refractivity (Wildman–Crippen MR) is 142 cm³/mol. The summed E-state index contributed by atoms with van der Waals surface area (Å²) in [5.74, 6) is 2.04. The van der Waals surface area contributed by atoms with Crippen molar-refractivity contribution in [1.82, 2.24) is 9.97 Å². The molecule has 2 amide bonds. The molecule has 8 heteroatoms. The number of hydrogen-bond donors (Lipinski definition) is 4. The van der Waals surface area contributed by atoms with Crippen LogP contribution in [0.15, 0.2) is 83.8 Å². The molecule has 0 spiro atoms. The zero-order chi connectivity index (χ0) is 23.9. The Morgan fingerprint density at radius 2 is 1.26 bits per heavy atom. The number of rotatable bonds is 7. The van der Waals surface area contributed by atoms with Gasteiger partial charge in [-0.15, -0.1) is 11.8 Å². The first kappa shape index (κ1) is 23.1. The highest BCUT2D eigenvalue weighted by Gasteiger charge is 2.06. The molecule has 4 rings (SSSR count). The molecular weight excluding hydrogens is 444 g/mol. The molecule has 1 aromatic heterocycles. The van der Waals surface area contributed by atoms with E-state index in [0.29, 0.717) is 23.1 Å². The smallest absolute Gasteiger partial charge is 0.323 e. The summed E-state index contributed by atoms with van der Waals surface area (Å²) in [6.07, 6.45) is 2.00. The number of thioether (sulfide) groups is 1. The maximum atomic E-state index is 12.3. The normalized spacial score (nSPS) is 10.4. The zero-order valence-corrected chi connectivity index (χ0v) is 20.0. The number of nitrogens with one attached hydrogen (secondary N) is 4. The molecule has 0 fully saturated rings. The second kappa shape index (κ2) is 10.7. The van der Waals surface area contributed by atoms with Gasteiger partial charge in [-0.25, -0.2) is 14.8 Å². The third-order valence-electron chi connectivity index (χ3n) is 4.90. The van der Waals surface area contributed by atoms with Crippen LogP contribution in [0.2, 0.25) is 0 Å². The van der Waals surface area contributed by atoms with Gasteiger partial charge in [0, 0.05) is 33.7 Å². The predicted octanol–water partition coefficient (Wildman–Crippen LogP) is 6.95. The molecule has 0 aliphatic rings. The summed E-state index contributed by atoms with van der Waals surface area (Å²) in [4.78, 5) is 22.4. The SMILES string of the molecule is CSc1cccc(NC(=O)Nc2ccc(Nc3cc(Nc4ccc(C)cc4)nc(C)n3)cc2)c1. The Morgan fingerprint density at radius 1 is 0.706 bits per heavy atom. The second-order valence-electron chi connectivity index (χ2n) is 7.69. The van der Waals surface area contributed by atoms with E-state index in [9.17, 15) is 4.79 Å². The fourth-order valence-electron chi connectivity index (χ4n) is 3.26. The molecule has 0 unspecified atom stereocenters. The lowest BCUT2D eigenvalue weighted by Gasteiger charge is -2.12. The first-order chi connectivity index (χ1) is 16.5. The van der Waals surface area contributed by atoms with Gasteiger partial charge in [0.05, 0.1) is 0 Å². The number of benzene rings is 3. The average molecular weight is 471 g/mol. The minimum Gasteiger partial charge on any atom is -0.340 e. The van der Waals surface area contributed by atoms with Gasteiger partial charge >= 0.3 is 6.03 Å². The monoisotopic (exact) mass is 470 g/mol. The lowest BCUT2D eigenvalue weighted by Crippen LogP contribution is -2.19. The maximum Gasteiger partial charge on any atom is 0.323 e. The van der Waals surface area contributed by atoms with Crippen LogP contribution in [0.5, 0.6) is 0 Å². The summed E-state index contributed by atoms with van der Waals surface area (Å²) in [5, 5.41) is 12.3. The molecule has 1 heterocycles. The van der Waals surface area contributed by atoms with Crippen LogP contribution in [0.3, 0.4) is 0 Å². The summed E-state index contributed by atoms with van der Waals surface area (Å²) >= 11 is 1.63. The van der Waals surface area contributed by atoms with E-state index in [2.05, 4.69) is 38.2 Å². The summed E-state index contributed by atoms with van der Waals surface area (Å²) in [6, 6.07) is 24.8. The molecule has 0 saturated heterocycles. The van der Waals surface area contributed by atoms with E-state index in [1.807, 2.05) is 92.0 Å². The number of urea groups is 1. The van der Waals surface area contributed by atoms with Crippen molar-refractivity contribution < 1.29 is 4.79 Å². The first-order valence-electron chi connectivity index (χ1n) is 10.8. The third-order valence-corrected chi connectivity index (χ3v) is 5.63. The molecule has 4 aromatic rings. The maximum absolute atomic E-state index is 12.3. The number of hydrogen-bond acceptors (Lipinski definition) is 6. The Morgan fingerprint density at radius 3 is 1.88 bits per heavy atom. The lowest BCUT2D eigenvalue weighted by atomic mass is 10.2. The molecule has 0 aliphatic carbocycles. The van der Waals surface area contributed by atoms with E-state index >= 15 is 0 Å². The van der Waals surface area contributed by atoms with Crippen molar-refractivity contribution in [2.24, 2.45) is 0 Å². The minimum atomic E-state index is -0.294. The van der Waals surface area contributed by atoms with Crippen LogP contribution in [0, 0.1) is 13.8 Å². The van der Waals surface area contributed by atoms with Gasteiger partial charge in [0.15, 0.2) is 0 Å². The Bertz CT molecular complexity index is 1280. The number of carbonyl (C=O) groups excluding carboxylic acids is 1. The van der Waals surface area contributed by atoms with Gasteiger partial charge in [0.2, 0.25) is 0 Å². The van der Waals surface area contributed by atoms with E-state index in [0.717, 1.165) is 22.0 Å². The van der Waals surface area contributed by atoms with Crippen molar-refractivity contribution in [3.8, 4) is 0 Å². The molecule has 4 N–H and O–H groups in total. The van der Waals surface area contributed by atoms with Crippen molar-refractivity contribution in [3.63, 3.8) is 0 Å². The summed E-state index contributed by atoms with van der Waals surface area (Å²) in [5.41, 5.74) is 4.44. The van der Waals surface area contributed by atoms with Crippen molar-refractivity contribution in [1.29, 1.82) is 0 Å². The van der Waals surface area contributed by atoms with Crippen molar-refractivity contribution in [2.75, 3.05) is 27.5 Å². The van der Waals surface area contributed by atoms with Gasteiger partial charge in [-0.2, -0.15) is 0 Å². The Kier molecular flexibility index (Phi) is 7.29. The molecule has 0 aliphatic heterocycles. The van der Waals surface area contributed by atoms with Crippen molar-refractivity contribution >= 4 is 52.2 Å². The Labute approximate surface area is 203 Å². The number of carbonyl (C=O) groups is 1. The highest BCUT2D eigenvalue weighted by Crippen LogP contribution is 2.23. The van der Waals surface area contributed by atoms with Crippen molar-refractivity contribution in [3.05, 3.63) is 90.3 Å². The van der Waals surface area contributed by atoms with Gasteiger partial charge in [-0.05, 0) is 74.7 Å². The Balaban J connectivity index is 1.37. The van der Waals surface area contributed by atoms with Gasteiger partial charge in [-0.3, -0.25) is 0 Å². The fourth-order valence-corrected chi connectivity index (χ4v) is 3.72. The van der Waals surface area contributed by atoms with Crippen molar-refractivity contribution in [2.45, 2.75) is 18.7 Å². The molecule has 3 aromatic carbocycles. The average Bonchev–Trinajstić information content (AvgIpc) is 2.81. The number of aryl methyl sites for hydroxylation is 2. The van der Waals surface area contributed by atoms with Crippen LogP contribution >= 0.6 is 11.8 Å². The van der Waals surface area contributed by atoms with Crippen LogP contribution in [-0.4, -0.2) is 22.3 Å². The molecule has 0 radical (unpaired) electrons. The zero-order valence-electron chi connectivity index (χ0n) is 19.2. The molecule has 0 atom stereocenters. The number of anilines is 6. The number of amides is 2. The van der Waals surface area contributed by atoms with Crippen LogP contribution in [-0.2, 0) is 0 Å². The number of aromatic nitrogens is 2. The van der Waals surface area contributed by atoms with E-state index in [4.69, 9.17) is 0 Å². The Hall–Kier alpha value is -4.04. The molecule has 0 bridgehead atoms. The minimum absolute atomic E-state index is 0.294. The molecule has 7 nitrogen and oxygen atoms in total. The van der Waals surface area contributed by atoms with Gasteiger partial charge < -0.3 is 21.3 Å². The topological polar surface area (TPSA) is 91.0 Å².